The Morgan fingerprint density at radius 2 is 1.84 bits per heavy atom. The molecule has 6 nitrogen and oxygen atoms in total. The largest absolute Gasteiger partial charge is 0.493 e. The molecule has 1 aliphatic heterocycles. The lowest BCUT2D eigenvalue weighted by Crippen LogP contribution is -2.33. The number of para-hydroxylation sites is 4. The summed E-state index contributed by atoms with van der Waals surface area (Å²) in [6.07, 6.45) is 0.980. The van der Waals surface area contributed by atoms with Crippen molar-refractivity contribution in [3.63, 3.8) is 0 Å². The fourth-order valence-corrected chi connectivity index (χ4v) is 2.63. The Kier molecular flexibility index (Phi) is 5.74. The standard InChI is InChI=1S/C19H22N2O4/c1-23-17-8-4-5-9-18(17)25-16-7-3-2-6-15(16)21-19(22)20-12-14-10-11-24-13-14/h2-9,14H,10-13H2,1H3,(H2,20,21,22)/t14-/m1/s1. The lowest BCUT2D eigenvalue weighted by molar-refractivity contribution is 0.185. The Balaban J connectivity index is 1.65. The summed E-state index contributed by atoms with van der Waals surface area (Å²) in [5.41, 5.74) is 0.591. The van der Waals surface area contributed by atoms with Crippen molar-refractivity contribution in [1.82, 2.24) is 5.32 Å². The van der Waals surface area contributed by atoms with Gasteiger partial charge in [-0.25, -0.2) is 4.79 Å². The zero-order valence-corrected chi connectivity index (χ0v) is 14.2. The van der Waals surface area contributed by atoms with Crippen LogP contribution in [0.25, 0.3) is 0 Å². The van der Waals surface area contributed by atoms with Crippen molar-refractivity contribution in [2.45, 2.75) is 6.42 Å². The maximum absolute atomic E-state index is 12.2. The summed E-state index contributed by atoms with van der Waals surface area (Å²) in [6.45, 7) is 2.07. The number of rotatable bonds is 6. The third-order valence-electron chi connectivity index (χ3n) is 4.00. The van der Waals surface area contributed by atoms with Crippen LogP contribution in [-0.2, 0) is 4.74 Å². The topological polar surface area (TPSA) is 68.8 Å². The van der Waals surface area contributed by atoms with Gasteiger partial charge in [0, 0.05) is 19.1 Å². The van der Waals surface area contributed by atoms with E-state index in [0.717, 1.165) is 13.0 Å². The number of hydrogen-bond donors (Lipinski definition) is 2. The second kappa shape index (κ2) is 8.39. The predicted molar refractivity (Wildman–Crippen MR) is 95.5 cm³/mol. The van der Waals surface area contributed by atoms with Gasteiger partial charge in [-0.15, -0.1) is 0 Å². The van der Waals surface area contributed by atoms with Crippen molar-refractivity contribution < 1.29 is 19.0 Å². The summed E-state index contributed by atoms with van der Waals surface area (Å²) in [5.74, 6) is 2.14. The van der Waals surface area contributed by atoms with Crippen molar-refractivity contribution in [2.75, 3.05) is 32.2 Å². The van der Waals surface area contributed by atoms with Gasteiger partial charge in [0.1, 0.15) is 0 Å². The molecule has 2 aromatic rings. The van der Waals surface area contributed by atoms with E-state index in [0.29, 0.717) is 42.0 Å². The maximum atomic E-state index is 12.2. The molecule has 1 fully saturated rings. The first-order valence-electron chi connectivity index (χ1n) is 8.29. The molecule has 2 N–H and O–H groups in total. The highest BCUT2D eigenvalue weighted by Gasteiger charge is 2.17. The molecule has 2 amide bonds. The number of amides is 2. The van der Waals surface area contributed by atoms with Gasteiger partial charge in [0.05, 0.1) is 19.4 Å². The number of hydrogen-bond acceptors (Lipinski definition) is 4. The van der Waals surface area contributed by atoms with Crippen molar-refractivity contribution in [2.24, 2.45) is 5.92 Å². The van der Waals surface area contributed by atoms with Gasteiger partial charge in [-0.3, -0.25) is 0 Å². The van der Waals surface area contributed by atoms with Gasteiger partial charge in [-0.1, -0.05) is 24.3 Å². The lowest BCUT2D eigenvalue weighted by Gasteiger charge is -2.15. The Hall–Kier alpha value is -2.73. The number of methoxy groups -OCH3 is 1. The van der Waals surface area contributed by atoms with E-state index in [9.17, 15) is 4.79 Å². The van der Waals surface area contributed by atoms with Crippen LogP contribution < -0.4 is 20.1 Å². The highest BCUT2D eigenvalue weighted by atomic mass is 16.5. The van der Waals surface area contributed by atoms with E-state index in [-0.39, 0.29) is 6.03 Å². The fourth-order valence-electron chi connectivity index (χ4n) is 2.63. The molecule has 0 radical (unpaired) electrons. The average molecular weight is 342 g/mol. The normalized spacial score (nSPS) is 16.3. The van der Waals surface area contributed by atoms with Crippen LogP contribution in [0.2, 0.25) is 0 Å². The Labute approximate surface area is 147 Å². The van der Waals surface area contributed by atoms with E-state index in [2.05, 4.69) is 10.6 Å². The zero-order valence-electron chi connectivity index (χ0n) is 14.2. The van der Waals surface area contributed by atoms with Crippen LogP contribution in [0, 0.1) is 5.92 Å². The first-order valence-corrected chi connectivity index (χ1v) is 8.29. The number of nitrogens with one attached hydrogen (secondary N) is 2. The Bertz CT molecular complexity index is 714. The van der Waals surface area contributed by atoms with E-state index in [1.54, 1.807) is 19.2 Å². The van der Waals surface area contributed by atoms with Crippen molar-refractivity contribution in [1.29, 1.82) is 0 Å². The number of carbonyl (C=O) groups excluding carboxylic acids is 1. The molecule has 0 aromatic heterocycles. The van der Waals surface area contributed by atoms with E-state index >= 15 is 0 Å². The molecule has 3 rings (SSSR count). The summed E-state index contributed by atoms with van der Waals surface area (Å²) in [7, 11) is 1.59. The van der Waals surface area contributed by atoms with Gasteiger partial charge >= 0.3 is 6.03 Å². The van der Waals surface area contributed by atoms with Crippen LogP contribution in [0.3, 0.4) is 0 Å². The van der Waals surface area contributed by atoms with Crippen molar-refractivity contribution >= 4 is 11.7 Å². The molecule has 0 aliphatic carbocycles. The summed E-state index contributed by atoms with van der Waals surface area (Å²) in [6, 6.07) is 14.4. The number of carbonyl (C=O) groups is 1. The van der Waals surface area contributed by atoms with E-state index in [1.807, 2.05) is 36.4 Å². The van der Waals surface area contributed by atoms with Crippen LogP contribution in [0.1, 0.15) is 6.42 Å². The quantitative estimate of drug-likeness (QED) is 0.841. The van der Waals surface area contributed by atoms with Crippen molar-refractivity contribution in [3.05, 3.63) is 48.5 Å². The molecule has 6 heteroatoms. The molecule has 0 saturated carbocycles. The molecular formula is C19H22N2O4. The van der Waals surface area contributed by atoms with E-state index in [4.69, 9.17) is 14.2 Å². The third-order valence-corrected chi connectivity index (χ3v) is 4.00. The minimum Gasteiger partial charge on any atom is -0.493 e. The summed E-state index contributed by atoms with van der Waals surface area (Å²) in [5, 5.41) is 5.71. The van der Waals surface area contributed by atoms with Crippen LogP contribution in [0.15, 0.2) is 48.5 Å². The summed E-state index contributed by atoms with van der Waals surface area (Å²) in [4.78, 5) is 12.2. The molecule has 132 valence electrons. The number of ether oxygens (including phenoxy) is 3. The Morgan fingerprint density at radius 3 is 2.56 bits per heavy atom. The SMILES string of the molecule is COc1ccccc1Oc1ccccc1NC(=O)NC[C@H]1CCOC1. The number of anilines is 1. The van der Waals surface area contributed by atoms with Crippen LogP contribution in [-0.4, -0.2) is 32.9 Å². The van der Waals surface area contributed by atoms with Crippen LogP contribution in [0.4, 0.5) is 10.5 Å². The lowest BCUT2D eigenvalue weighted by atomic mass is 10.1. The Morgan fingerprint density at radius 1 is 1.12 bits per heavy atom. The molecule has 1 saturated heterocycles. The molecule has 0 unspecified atom stereocenters. The monoisotopic (exact) mass is 342 g/mol. The number of benzene rings is 2. The predicted octanol–water partition coefficient (Wildman–Crippen LogP) is 3.65. The molecule has 25 heavy (non-hydrogen) atoms. The van der Waals surface area contributed by atoms with Crippen LogP contribution in [0.5, 0.6) is 17.2 Å². The van der Waals surface area contributed by atoms with Gasteiger partial charge in [-0.05, 0) is 30.7 Å². The fraction of sp³-hybridized carbons (Fsp3) is 0.316. The first-order chi connectivity index (χ1) is 12.3. The van der Waals surface area contributed by atoms with Gasteiger partial charge in [0.25, 0.3) is 0 Å². The smallest absolute Gasteiger partial charge is 0.319 e. The van der Waals surface area contributed by atoms with E-state index in [1.165, 1.54) is 0 Å². The second-order valence-electron chi connectivity index (χ2n) is 5.81. The molecule has 2 aromatic carbocycles. The zero-order chi connectivity index (χ0) is 17.5. The molecule has 1 heterocycles. The van der Waals surface area contributed by atoms with Gasteiger partial charge in [0.15, 0.2) is 17.2 Å². The minimum atomic E-state index is -0.261. The summed E-state index contributed by atoms with van der Waals surface area (Å²) < 4.78 is 16.5. The molecule has 0 spiro atoms. The van der Waals surface area contributed by atoms with Gasteiger partial charge in [-0.2, -0.15) is 0 Å². The number of urea groups is 1. The van der Waals surface area contributed by atoms with Crippen LogP contribution >= 0.6 is 0 Å². The molecule has 0 bridgehead atoms. The molecular weight excluding hydrogens is 320 g/mol. The molecule has 1 aliphatic rings. The summed E-state index contributed by atoms with van der Waals surface area (Å²) >= 11 is 0. The van der Waals surface area contributed by atoms with Gasteiger partial charge < -0.3 is 24.8 Å². The minimum absolute atomic E-state index is 0.261. The van der Waals surface area contributed by atoms with Gasteiger partial charge in [0.2, 0.25) is 0 Å². The third kappa shape index (κ3) is 4.64. The molecule has 1 atom stereocenters. The van der Waals surface area contributed by atoms with Crippen molar-refractivity contribution in [3.8, 4) is 17.2 Å². The second-order valence-corrected chi connectivity index (χ2v) is 5.81. The van der Waals surface area contributed by atoms with E-state index < -0.39 is 0 Å². The average Bonchev–Trinajstić information content (AvgIpc) is 3.16. The highest BCUT2D eigenvalue weighted by molar-refractivity contribution is 5.91. The first kappa shape index (κ1) is 17.1. The highest BCUT2D eigenvalue weighted by Crippen LogP contribution is 2.34. The maximum Gasteiger partial charge on any atom is 0.319 e.